The van der Waals surface area contributed by atoms with Crippen LogP contribution in [-0.4, -0.2) is 12.1 Å². The van der Waals surface area contributed by atoms with Crippen molar-refractivity contribution in [3.63, 3.8) is 0 Å². The van der Waals surface area contributed by atoms with Gasteiger partial charge in [-0.05, 0) is 29.2 Å². The molecule has 0 spiro atoms. The number of hydrogen-bond donors (Lipinski definition) is 0. The molecule has 2 aromatic rings. The molecule has 0 saturated carbocycles. The van der Waals surface area contributed by atoms with Gasteiger partial charge in [-0.25, -0.2) is 4.98 Å². The Balaban J connectivity index is 2.68. The highest BCUT2D eigenvalue weighted by atomic mass is 16.5. The van der Waals surface area contributed by atoms with E-state index in [1.165, 1.54) is 12.7 Å². The molecule has 1 aromatic carbocycles. The fourth-order valence-corrected chi connectivity index (χ4v) is 1.86. The average molecular weight is 240 g/mol. The summed E-state index contributed by atoms with van der Waals surface area (Å²) in [6.07, 6.45) is 0. The van der Waals surface area contributed by atoms with E-state index >= 15 is 0 Å². The van der Waals surface area contributed by atoms with Gasteiger partial charge in [0, 0.05) is 5.39 Å². The van der Waals surface area contributed by atoms with Crippen molar-refractivity contribution >= 4 is 10.9 Å². The lowest BCUT2D eigenvalue weighted by atomic mass is 9.86. The Kier molecular flexibility index (Phi) is 2.96. The van der Waals surface area contributed by atoms with E-state index in [2.05, 4.69) is 44.0 Å². The van der Waals surface area contributed by atoms with Crippen LogP contribution >= 0.6 is 0 Å². The van der Waals surface area contributed by atoms with Gasteiger partial charge in [-0.3, -0.25) is 0 Å². The number of nitriles is 1. The molecular weight excluding hydrogens is 224 g/mol. The van der Waals surface area contributed by atoms with Crippen LogP contribution < -0.4 is 4.74 Å². The summed E-state index contributed by atoms with van der Waals surface area (Å²) < 4.78 is 5.11. The van der Waals surface area contributed by atoms with Crippen LogP contribution in [-0.2, 0) is 5.41 Å². The number of nitrogens with zero attached hydrogens (tertiary/aromatic N) is 2. The van der Waals surface area contributed by atoms with Crippen LogP contribution in [0.3, 0.4) is 0 Å². The maximum absolute atomic E-state index is 9.07. The van der Waals surface area contributed by atoms with Crippen molar-refractivity contribution in [1.82, 2.24) is 4.98 Å². The van der Waals surface area contributed by atoms with Gasteiger partial charge in [-0.1, -0.05) is 26.8 Å². The minimum atomic E-state index is 0.0843. The van der Waals surface area contributed by atoms with E-state index in [0.717, 1.165) is 10.9 Å². The summed E-state index contributed by atoms with van der Waals surface area (Å²) in [4.78, 5) is 4.34. The zero-order chi connectivity index (χ0) is 13.3. The molecule has 1 heterocycles. The van der Waals surface area contributed by atoms with Crippen LogP contribution in [0.1, 0.15) is 31.9 Å². The zero-order valence-corrected chi connectivity index (χ0v) is 11.1. The van der Waals surface area contributed by atoms with Crippen LogP contribution in [0.15, 0.2) is 24.3 Å². The van der Waals surface area contributed by atoms with E-state index in [1.54, 1.807) is 0 Å². The van der Waals surface area contributed by atoms with E-state index in [1.807, 2.05) is 12.1 Å². The second-order valence-corrected chi connectivity index (χ2v) is 5.31. The van der Waals surface area contributed by atoms with Gasteiger partial charge in [0.25, 0.3) is 0 Å². The highest BCUT2D eigenvalue weighted by molar-refractivity contribution is 5.82. The highest BCUT2D eigenvalue weighted by Crippen LogP contribution is 2.27. The van der Waals surface area contributed by atoms with Crippen molar-refractivity contribution in [3.8, 4) is 11.9 Å². The fraction of sp³-hybridized carbons (Fsp3) is 0.333. The predicted molar refractivity (Wildman–Crippen MR) is 71.7 cm³/mol. The lowest BCUT2D eigenvalue weighted by Crippen LogP contribution is -2.10. The van der Waals surface area contributed by atoms with Gasteiger partial charge in [-0.15, -0.1) is 0 Å². The quantitative estimate of drug-likeness (QED) is 0.767. The molecule has 3 nitrogen and oxygen atoms in total. The first kappa shape index (κ1) is 12.4. The highest BCUT2D eigenvalue weighted by Gasteiger charge is 2.15. The maximum atomic E-state index is 9.07. The summed E-state index contributed by atoms with van der Waals surface area (Å²) in [6, 6.07) is 10.1. The molecule has 3 heteroatoms. The standard InChI is InChI=1S/C15H16N2O/c1-15(2,3)12-5-6-13-10(8-12)7-11(9-16)14(17-13)18-4/h5-8H,1-4H3. The molecule has 1 aromatic heterocycles. The minimum absolute atomic E-state index is 0.0843. The zero-order valence-electron chi connectivity index (χ0n) is 11.1. The summed E-state index contributed by atoms with van der Waals surface area (Å²) in [6.45, 7) is 6.49. The number of aromatic nitrogens is 1. The average Bonchev–Trinajstić information content (AvgIpc) is 2.35. The van der Waals surface area contributed by atoms with Crippen molar-refractivity contribution in [3.05, 3.63) is 35.4 Å². The van der Waals surface area contributed by atoms with Crippen LogP contribution in [0.2, 0.25) is 0 Å². The molecule has 0 unspecified atom stereocenters. The Labute approximate surface area is 107 Å². The summed E-state index contributed by atoms with van der Waals surface area (Å²) in [5.41, 5.74) is 2.63. The van der Waals surface area contributed by atoms with Crippen molar-refractivity contribution in [2.75, 3.05) is 7.11 Å². The molecule has 0 aliphatic rings. The Morgan fingerprint density at radius 2 is 1.94 bits per heavy atom. The van der Waals surface area contributed by atoms with Crippen molar-refractivity contribution in [2.45, 2.75) is 26.2 Å². The number of benzene rings is 1. The number of fused-ring (bicyclic) bond motifs is 1. The van der Waals surface area contributed by atoms with E-state index in [9.17, 15) is 0 Å². The van der Waals surface area contributed by atoms with Gasteiger partial charge in [0.05, 0.1) is 12.6 Å². The monoisotopic (exact) mass is 240 g/mol. The summed E-state index contributed by atoms with van der Waals surface area (Å²) >= 11 is 0. The minimum Gasteiger partial charge on any atom is -0.480 e. The van der Waals surface area contributed by atoms with Gasteiger partial charge in [0.15, 0.2) is 0 Å². The third kappa shape index (κ3) is 2.14. The number of pyridine rings is 1. The van der Waals surface area contributed by atoms with E-state index in [4.69, 9.17) is 10.00 Å². The second-order valence-electron chi connectivity index (χ2n) is 5.31. The topological polar surface area (TPSA) is 45.9 Å². The first-order valence-electron chi connectivity index (χ1n) is 5.85. The molecule has 0 N–H and O–H groups in total. The van der Waals surface area contributed by atoms with Gasteiger partial charge in [0.2, 0.25) is 5.88 Å². The normalized spacial score (nSPS) is 11.3. The Morgan fingerprint density at radius 3 is 2.50 bits per heavy atom. The van der Waals surface area contributed by atoms with E-state index in [0.29, 0.717) is 11.4 Å². The SMILES string of the molecule is COc1nc2ccc(C(C)(C)C)cc2cc1C#N. The summed E-state index contributed by atoms with van der Waals surface area (Å²) in [7, 11) is 1.53. The third-order valence-electron chi connectivity index (χ3n) is 2.96. The fourth-order valence-electron chi connectivity index (χ4n) is 1.86. The number of rotatable bonds is 1. The molecule has 0 saturated heterocycles. The lowest BCUT2D eigenvalue weighted by molar-refractivity contribution is 0.398. The largest absolute Gasteiger partial charge is 0.480 e. The molecule has 0 radical (unpaired) electrons. The second kappa shape index (κ2) is 4.30. The number of hydrogen-bond acceptors (Lipinski definition) is 3. The van der Waals surface area contributed by atoms with E-state index < -0.39 is 0 Å². The Morgan fingerprint density at radius 1 is 1.22 bits per heavy atom. The Hall–Kier alpha value is -2.08. The smallest absolute Gasteiger partial charge is 0.231 e. The molecule has 18 heavy (non-hydrogen) atoms. The van der Waals surface area contributed by atoms with Crippen molar-refractivity contribution < 1.29 is 4.74 Å². The first-order chi connectivity index (χ1) is 8.45. The molecule has 2 rings (SSSR count). The number of ether oxygens (including phenoxy) is 1. The molecule has 0 aliphatic carbocycles. The van der Waals surface area contributed by atoms with Crippen molar-refractivity contribution in [1.29, 1.82) is 5.26 Å². The molecule has 0 bridgehead atoms. The lowest BCUT2D eigenvalue weighted by Gasteiger charge is -2.19. The molecule has 92 valence electrons. The first-order valence-corrected chi connectivity index (χ1v) is 5.85. The van der Waals surface area contributed by atoms with Gasteiger partial charge in [0.1, 0.15) is 11.6 Å². The third-order valence-corrected chi connectivity index (χ3v) is 2.96. The molecule has 0 fully saturated rings. The maximum Gasteiger partial charge on any atom is 0.231 e. The van der Waals surface area contributed by atoms with Gasteiger partial charge < -0.3 is 4.74 Å². The van der Waals surface area contributed by atoms with Crippen LogP contribution in [0.4, 0.5) is 0 Å². The van der Waals surface area contributed by atoms with Crippen LogP contribution in [0.25, 0.3) is 10.9 Å². The van der Waals surface area contributed by atoms with Crippen LogP contribution in [0, 0.1) is 11.3 Å². The van der Waals surface area contributed by atoms with E-state index in [-0.39, 0.29) is 5.41 Å². The molecular formula is C15H16N2O. The molecule has 0 aliphatic heterocycles. The Bertz CT molecular complexity index is 633. The number of methoxy groups -OCH3 is 1. The van der Waals surface area contributed by atoms with Crippen LogP contribution in [0.5, 0.6) is 5.88 Å². The predicted octanol–water partition coefficient (Wildman–Crippen LogP) is 3.41. The molecule has 0 atom stereocenters. The molecule has 0 amide bonds. The van der Waals surface area contributed by atoms with Gasteiger partial charge >= 0.3 is 0 Å². The van der Waals surface area contributed by atoms with Gasteiger partial charge in [-0.2, -0.15) is 5.26 Å². The summed E-state index contributed by atoms with van der Waals surface area (Å²) in [5, 5.41) is 10.0. The van der Waals surface area contributed by atoms with Crippen molar-refractivity contribution in [2.24, 2.45) is 0 Å². The summed E-state index contributed by atoms with van der Waals surface area (Å²) in [5.74, 6) is 0.383.